The third-order valence-corrected chi connectivity index (χ3v) is 3.91. The van der Waals surface area contributed by atoms with E-state index in [0.717, 1.165) is 6.54 Å². The molecule has 0 aliphatic heterocycles. The van der Waals surface area contributed by atoms with E-state index in [1.54, 1.807) is 0 Å². The van der Waals surface area contributed by atoms with Gasteiger partial charge in [0.05, 0.1) is 0 Å². The van der Waals surface area contributed by atoms with Gasteiger partial charge in [-0.05, 0) is 42.3 Å². The molecule has 19 heavy (non-hydrogen) atoms. The zero-order valence-corrected chi connectivity index (χ0v) is 12.5. The molecule has 1 heterocycles. The lowest BCUT2D eigenvalue weighted by atomic mass is 10.1. The van der Waals surface area contributed by atoms with Gasteiger partial charge >= 0.3 is 0 Å². The third-order valence-electron chi connectivity index (χ3n) is 3.91. The first-order valence-corrected chi connectivity index (χ1v) is 7.93. The van der Waals surface area contributed by atoms with E-state index in [1.807, 2.05) is 0 Å². The predicted molar refractivity (Wildman–Crippen MR) is 84.7 cm³/mol. The minimum atomic E-state index is 1.16. The Kier molecular flexibility index (Phi) is 5.50. The molecule has 1 nitrogen and oxygen atoms in total. The van der Waals surface area contributed by atoms with Crippen molar-refractivity contribution in [2.75, 3.05) is 0 Å². The number of aromatic nitrogens is 1. The summed E-state index contributed by atoms with van der Waals surface area (Å²) in [5.41, 5.74) is 2.92. The van der Waals surface area contributed by atoms with Gasteiger partial charge in [-0.1, -0.05) is 51.7 Å². The van der Waals surface area contributed by atoms with Gasteiger partial charge in [-0.25, -0.2) is 0 Å². The third kappa shape index (κ3) is 3.86. The summed E-state index contributed by atoms with van der Waals surface area (Å²) in [6.45, 7) is 5.69. The summed E-state index contributed by atoms with van der Waals surface area (Å²) in [5.74, 6) is 0. The van der Waals surface area contributed by atoms with Crippen LogP contribution in [0.4, 0.5) is 0 Å². The quantitative estimate of drug-likeness (QED) is 0.545. The fraction of sp³-hybridized carbons (Fsp3) is 0.556. The number of aryl methyl sites for hydroxylation is 2. The number of nitrogens with zero attached hydrogens (tertiary/aromatic N) is 1. The molecule has 0 aliphatic rings. The molecule has 1 aromatic heterocycles. The summed E-state index contributed by atoms with van der Waals surface area (Å²) < 4.78 is 2.42. The Bertz CT molecular complexity index is 495. The maximum absolute atomic E-state index is 2.42. The minimum Gasteiger partial charge on any atom is -0.347 e. The highest BCUT2D eigenvalue weighted by atomic mass is 14.9. The molecule has 0 radical (unpaired) electrons. The van der Waals surface area contributed by atoms with Crippen molar-refractivity contribution < 1.29 is 0 Å². The van der Waals surface area contributed by atoms with E-state index in [-0.39, 0.29) is 0 Å². The van der Waals surface area contributed by atoms with E-state index in [2.05, 4.69) is 48.9 Å². The van der Waals surface area contributed by atoms with Crippen molar-refractivity contribution >= 4 is 10.9 Å². The van der Waals surface area contributed by atoms with Crippen LogP contribution in [0.25, 0.3) is 10.9 Å². The number of benzene rings is 1. The molecule has 2 aromatic rings. The molecule has 0 saturated heterocycles. The van der Waals surface area contributed by atoms with Gasteiger partial charge in [0.25, 0.3) is 0 Å². The zero-order chi connectivity index (χ0) is 13.5. The Morgan fingerprint density at radius 3 is 2.47 bits per heavy atom. The summed E-state index contributed by atoms with van der Waals surface area (Å²) in [6, 6.07) is 9.23. The molecule has 0 unspecified atom stereocenters. The van der Waals surface area contributed by atoms with Gasteiger partial charge in [0.1, 0.15) is 0 Å². The van der Waals surface area contributed by atoms with Gasteiger partial charge in [0.2, 0.25) is 0 Å². The van der Waals surface area contributed by atoms with Crippen molar-refractivity contribution in [3.8, 4) is 0 Å². The lowest BCUT2D eigenvalue weighted by molar-refractivity contribution is 0.616. The Morgan fingerprint density at radius 1 is 0.895 bits per heavy atom. The Labute approximate surface area is 117 Å². The molecular weight excluding hydrogens is 230 g/mol. The van der Waals surface area contributed by atoms with E-state index in [1.165, 1.54) is 61.4 Å². The number of fused-ring (bicyclic) bond motifs is 1. The Morgan fingerprint density at radius 2 is 1.68 bits per heavy atom. The average molecular weight is 257 g/mol. The number of hydrogen-bond donors (Lipinski definition) is 0. The summed E-state index contributed by atoms with van der Waals surface area (Å²) in [5, 5.41) is 1.38. The highest BCUT2D eigenvalue weighted by Gasteiger charge is 2.02. The first-order chi connectivity index (χ1) is 9.35. The molecule has 2 rings (SSSR count). The van der Waals surface area contributed by atoms with Crippen molar-refractivity contribution in [1.82, 2.24) is 4.57 Å². The molecule has 0 aliphatic carbocycles. The van der Waals surface area contributed by atoms with Gasteiger partial charge in [-0.3, -0.25) is 0 Å². The Hall–Kier alpha value is -1.24. The minimum absolute atomic E-state index is 1.16. The van der Waals surface area contributed by atoms with Crippen LogP contribution >= 0.6 is 0 Å². The zero-order valence-electron chi connectivity index (χ0n) is 12.5. The molecule has 0 fully saturated rings. The first-order valence-electron chi connectivity index (χ1n) is 7.93. The molecule has 0 amide bonds. The molecule has 1 heteroatoms. The van der Waals surface area contributed by atoms with Crippen LogP contribution in [-0.2, 0) is 13.0 Å². The van der Waals surface area contributed by atoms with Crippen molar-refractivity contribution in [2.45, 2.75) is 65.3 Å². The Balaban J connectivity index is 2.08. The normalized spacial score (nSPS) is 11.3. The van der Waals surface area contributed by atoms with Gasteiger partial charge in [0, 0.05) is 18.3 Å². The van der Waals surface area contributed by atoms with Crippen LogP contribution in [0.3, 0.4) is 0 Å². The highest BCUT2D eigenvalue weighted by Crippen LogP contribution is 2.20. The molecule has 0 atom stereocenters. The molecular formula is C18H27N. The second-order valence-corrected chi connectivity index (χ2v) is 5.57. The SMILES string of the molecule is CCCCCc1ccc2ccn(CCCCC)c2c1. The summed E-state index contributed by atoms with van der Waals surface area (Å²) in [6.07, 6.45) is 11.3. The topological polar surface area (TPSA) is 4.93 Å². The smallest absolute Gasteiger partial charge is 0.0483 e. The monoisotopic (exact) mass is 257 g/mol. The second-order valence-electron chi connectivity index (χ2n) is 5.57. The highest BCUT2D eigenvalue weighted by molar-refractivity contribution is 5.80. The standard InChI is InChI=1S/C18H27N/c1-3-5-7-9-16-10-11-17-12-14-19(18(17)15-16)13-8-6-4-2/h10-12,14-15H,3-9,13H2,1-2H3. The molecule has 0 spiro atoms. The molecule has 0 bridgehead atoms. The van der Waals surface area contributed by atoms with Crippen LogP contribution < -0.4 is 0 Å². The maximum Gasteiger partial charge on any atom is 0.0483 e. The fourth-order valence-corrected chi connectivity index (χ4v) is 2.69. The van der Waals surface area contributed by atoms with E-state index in [9.17, 15) is 0 Å². The van der Waals surface area contributed by atoms with Crippen molar-refractivity contribution in [3.63, 3.8) is 0 Å². The van der Waals surface area contributed by atoms with E-state index in [0.29, 0.717) is 0 Å². The van der Waals surface area contributed by atoms with Crippen molar-refractivity contribution in [3.05, 3.63) is 36.0 Å². The lowest BCUT2D eigenvalue weighted by Crippen LogP contribution is -1.96. The van der Waals surface area contributed by atoms with E-state index >= 15 is 0 Å². The summed E-state index contributed by atoms with van der Waals surface area (Å²) in [7, 11) is 0. The van der Waals surface area contributed by atoms with Crippen molar-refractivity contribution in [1.29, 1.82) is 0 Å². The van der Waals surface area contributed by atoms with Gasteiger partial charge in [0.15, 0.2) is 0 Å². The number of unbranched alkanes of at least 4 members (excludes halogenated alkanes) is 4. The largest absolute Gasteiger partial charge is 0.347 e. The lowest BCUT2D eigenvalue weighted by Gasteiger charge is -2.07. The molecule has 104 valence electrons. The average Bonchev–Trinajstić information content (AvgIpc) is 2.82. The first kappa shape index (κ1) is 14.2. The van der Waals surface area contributed by atoms with Crippen molar-refractivity contribution in [2.24, 2.45) is 0 Å². The van der Waals surface area contributed by atoms with Gasteiger partial charge in [-0.15, -0.1) is 0 Å². The van der Waals surface area contributed by atoms with Crippen LogP contribution in [0.15, 0.2) is 30.5 Å². The molecule has 0 saturated carbocycles. The predicted octanol–water partition coefficient (Wildman–Crippen LogP) is 5.56. The van der Waals surface area contributed by atoms with Gasteiger partial charge < -0.3 is 4.57 Å². The molecule has 0 N–H and O–H groups in total. The van der Waals surface area contributed by atoms with Crippen LogP contribution in [0, 0.1) is 0 Å². The van der Waals surface area contributed by atoms with Crippen LogP contribution in [-0.4, -0.2) is 4.57 Å². The fourth-order valence-electron chi connectivity index (χ4n) is 2.69. The van der Waals surface area contributed by atoms with Gasteiger partial charge in [-0.2, -0.15) is 0 Å². The van der Waals surface area contributed by atoms with Crippen LogP contribution in [0.1, 0.15) is 57.9 Å². The van der Waals surface area contributed by atoms with E-state index < -0.39 is 0 Å². The summed E-state index contributed by atoms with van der Waals surface area (Å²) >= 11 is 0. The van der Waals surface area contributed by atoms with Crippen LogP contribution in [0.2, 0.25) is 0 Å². The maximum atomic E-state index is 2.42. The van der Waals surface area contributed by atoms with E-state index in [4.69, 9.17) is 0 Å². The second kappa shape index (κ2) is 7.37. The summed E-state index contributed by atoms with van der Waals surface area (Å²) in [4.78, 5) is 0. The molecule has 1 aromatic carbocycles. The number of rotatable bonds is 8. The number of hydrogen-bond acceptors (Lipinski definition) is 0. The van der Waals surface area contributed by atoms with Crippen LogP contribution in [0.5, 0.6) is 0 Å².